The second-order valence-corrected chi connectivity index (χ2v) is 8.68. The van der Waals surface area contributed by atoms with Crippen LogP contribution in [0.2, 0.25) is 0 Å². The van der Waals surface area contributed by atoms with Crippen molar-refractivity contribution in [3.05, 3.63) is 35.4 Å². The maximum Gasteiger partial charge on any atom is 0.251 e. The van der Waals surface area contributed by atoms with Crippen LogP contribution in [0.4, 0.5) is 0 Å². The molecule has 0 aromatic heterocycles. The number of benzene rings is 1. The van der Waals surface area contributed by atoms with Crippen LogP contribution in [0.3, 0.4) is 0 Å². The highest BCUT2D eigenvalue weighted by Gasteiger charge is 2.32. The highest BCUT2D eigenvalue weighted by Crippen LogP contribution is 2.28. The smallest absolute Gasteiger partial charge is 0.251 e. The fraction of sp³-hybridized carbons (Fsp3) is 0.650. The molecule has 1 aromatic carbocycles. The number of hydrogen-bond donors (Lipinski definition) is 2. The number of carbonyl (C=O) groups excluding carboxylic acids is 1. The third-order valence-corrected chi connectivity index (χ3v) is 6.41. The van der Waals surface area contributed by atoms with Crippen LogP contribution >= 0.6 is 11.8 Å². The van der Waals surface area contributed by atoms with Gasteiger partial charge in [-0.3, -0.25) is 9.69 Å². The van der Waals surface area contributed by atoms with E-state index in [0.717, 1.165) is 51.1 Å². The molecule has 2 N–H and O–H groups in total. The van der Waals surface area contributed by atoms with Gasteiger partial charge in [-0.15, -0.1) is 0 Å². The van der Waals surface area contributed by atoms with E-state index in [1.165, 1.54) is 17.1 Å². The summed E-state index contributed by atoms with van der Waals surface area (Å²) in [6.45, 7) is 6.64. The van der Waals surface area contributed by atoms with Crippen LogP contribution in [0.5, 0.6) is 0 Å². The minimum atomic E-state index is 0.0138. The van der Waals surface area contributed by atoms with E-state index < -0.39 is 0 Å². The Hall–Kier alpha value is -1.08. The van der Waals surface area contributed by atoms with Crippen molar-refractivity contribution in [3.63, 3.8) is 0 Å². The van der Waals surface area contributed by atoms with Crippen molar-refractivity contribution < 1.29 is 9.53 Å². The molecule has 3 rings (SSSR count). The number of methoxy groups -OCH3 is 1. The number of hydrogen-bond acceptors (Lipinski definition) is 5. The number of rotatable bonds is 7. The van der Waals surface area contributed by atoms with Gasteiger partial charge in [0, 0.05) is 55.8 Å². The van der Waals surface area contributed by atoms with Gasteiger partial charge in [-0.1, -0.05) is 12.1 Å². The molecule has 0 spiro atoms. The molecule has 0 aliphatic carbocycles. The standard InChI is InChI=1S/C20H31N3O2S/c1-25-16-20(6-8-21-9-7-20)15-22-19(24)18-4-2-17(3-5-18)14-23-10-12-26-13-11-23/h2-5,21H,6-16H2,1H3,(H,22,24). The van der Waals surface area contributed by atoms with Crippen LogP contribution in [-0.4, -0.2) is 68.8 Å². The first-order chi connectivity index (χ1) is 12.7. The molecule has 2 saturated heterocycles. The molecular weight excluding hydrogens is 346 g/mol. The summed E-state index contributed by atoms with van der Waals surface area (Å²) in [4.78, 5) is 15.0. The minimum absolute atomic E-state index is 0.0138. The Balaban J connectivity index is 1.52. The lowest BCUT2D eigenvalue weighted by molar-refractivity contribution is 0.0512. The van der Waals surface area contributed by atoms with Crippen molar-refractivity contribution >= 4 is 17.7 Å². The number of piperidine rings is 1. The van der Waals surface area contributed by atoms with E-state index in [4.69, 9.17) is 4.74 Å². The SMILES string of the molecule is COCC1(CNC(=O)c2ccc(CN3CCSCC3)cc2)CCNCC1. The molecule has 0 radical (unpaired) electrons. The summed E-state index contributed by atoms with van der Waals surface area (Å²) >= 11 is 2.03. The van der Waals surface area contributed by atoms with Gasteiger partial charge in [0.15, 0.2) is 0 Å². The van der Waals surface area contributed by atoms with Gasteiger partial charge in [0.25, 0.3) is 5.91 Å². The van der Waals surface area contributed by atoms with Crippen LogP contribution < -0.4 is 10.6 Å². The Labute approximate surface area is 161 Å². The highest BCUT2D eigenvalue weighted by molar-refractivity contribution is 7.99. The molecule has 144 valence electrons. The Morgan fingerprint density at radius 3 is 2.58 bits per heavy atom. The third kappa shape index (κ3) is 5.46. The molecule has 1 aromatic rings. The predicted octanol–water partition coefficient (Wildman–Crippen LogP) is 1.98. The lowest BCUT2D eigenvalue weighted by Crippen LogP contribution is -2.47. The number of carbonyl (C=O) groups is 1. The van der Waals surface area contributed by atoms with Gasteiger partial charge in [-0.25, -0.2) is 0 Å². The van der Waals surface area contributed by atoms with E-state index in [0.29, 0.717) is 13.2 Å². The molecule has 1 amide bonds. The summed E-state index contributed by atoms with van der Waals surface area (Å²) in [5.41, 5.74) is 2.08. The van der Waals surface area contributed by atoms with E-state index in [-0.39, 0.29) is 11.3 Å². The van der Waals surface area contributed by atoms with Crippen LogP contribution in [-0.2, 0) is 11.3 Å². The second-order valence-electron chi connectivity index (χ2n) is 7.45. The van der Waals surface area contributed by atoms with Gasteiger partial charge >= 0.3 is 0 Å². The molecule has 2 fully saturated rings. The highest BCUT2D eigenvalue weighted by atomic mass is 32.2. The minimum Gasteiger partial charge on any atom is -0.384 e. The van der Waals surface area contributed by atoms with Crippen LogP contribution in [0.15, 0.2) is 24.3 Å². The van der Waals surface area contributed by atoms with Crippen molar-refractivity contribution in [1.82, 2.24) is 15.5 Å². The van der Waals surface area contributed by atoms with Gasteiger partial charge in [0.05, 0.1) is 6.61 Å². The van der Waals surface area contributed by atoms with E-state index in [1.54, 1.807) is 7.11 Å². The zero-order chi connectivity index (χ0) is 18.2. The molecule has 0 saturated carbocycles. The van der Waals surface area contributed by atoms with Gasteiger partial charge in [0.2, 0.25) is 0 Å². The molecule has 2 aliphatic heterocycles. The van der Waals surface area contributed by atoms with Gasteiger partial charge in [0.1, 0.15) is 0 Å². The fourth-order valence-corrected chi connectivity index (χ4v) is 4.76. The predicted molar refractivity (Wildman–Crippen MR) is 108 cm³/mol. The molecule has 0 atom stereocenters. The first-order valence-electron chi connectivity index (χ1n) is 9.58. The van der Waals surface area contributed by atoms with E-state index in [1.807, 2.05) is 23.9 Å². The lowest BCUT2D eigenvalue weighted by Gasteiger charge is -2.37. The summed E-state index contributed by atoms with van der Waals surface area (Å²) in [5, 5.41) is 6.52. The third-order valence-electron chi connectivity index (χ3n) is 5.46. The van der Waals surface area contributed by atoms with Crippen LogP contribution in [0, 0.1) is 5.41 Å². The molecule has 6 heteroatoms. The summed E-state index contributed by atoms with van der Waals surface area (Å²) in [5.74, 6) is 2.46. The summed E-state index contributed by atoms with van der Waals surface area (Å²) in [7, 11) is 1.74. The Morgan fingerprint density at radius 2 is 1.92 bits per heavy atom. The Bertz CT molecular complexity index is 561. The van der Waals surface area contributed by atoms with Gasteiger partial charge < -0.3 is 15.4 Å². The van der Waals surface area contributed by atoms with E-state index >= 15 is 0 Å². The van der Waals surface area contributed by atoms with Crippen molar-refractivity contribution in [2.45, 2.75) is 19.4 Å². The van der Waals surface area contributed by atoms with E-state index in [9.17, 15) is 4.79 Å². The Kier molecular flexibility index (Phi) is 7.37. The van der Waals surface area contributed by atoms with Gasteiger partial charge in [-0.2, -0.15) is 11.8 Å². The van der Waals surface area contributed by atoms with Crippen molar-refractivity contribution in [2.75, 3.05) is 57.9 Å². The number of ether oxygens (including phenoxy) is 1. The summed E-state index contributed by atoms with van der Waals surface area (Å²) in [6.07, 6.45) is 2.07. The van der Waals surface area contributed by atoms with Crippen LogP contribution in [0.25, 0.3) is 0 Å². The quantitative estimate of drug-likeness (QED) is 0.761. The molecule has 26 heavy (non-hydrogen) atoms. The number of amides is 1. The number of nitrogens with one attached hydrogen (secondary N) is 2. The van der Waals surface area contributed by atoms with E-state index in [2.05, 4.69) is 27.7 Å². The zero-order valence-corrected chi connectivity index (χ0v) is 16.6. The maximum absolute atomic E-state index is 12.6. The first-order valence-corrected chi connectivity index (χ1v) is 10.7. The largest absolute Gasteiger partial charge is 0.384 e. The number of thioether (sulfide) groups is 1. The summed E-state index contributed by atoms with van der Waals surface area (Å²) in [6, 6.07) is 8.09. The molecule has 2 heterocycles. The maximum atomic E-state index is 12.6. The number of nitrogens with zero attached hydrogens (tertiary/aromatic N) is 1. The second kappa shape index (κ2) is 9.74. The topological polar surface area (TPSA) is 53.6 Å². The van der Waals surface area contributed by atoms with Crippen molar-refractivity contribution in [2.24, 2.45) is 5.41 Å². The lowest BCUT2D eigenvalue weighted by atomic mass is 9.79. The molecule has 2 aliphatic rings. The van der Waals surface area contributed by atoms with Crippen molar-refractivity contribution in [1.29, 1.82) is 0 Å². The fourth-order valence-electron chi connectivity index (χ4n) is 3.78. The molecule has 0 bridgehead atoms. The van der Waals surface area contributed by atoms with Crippen molar-refractivity contribution in [3.8, 4) is 0 Å². The van der Waals surface area contributed by atoms with Gasteiger partial charge in [-0.05, 0) is 43.6 Å². The zero-order valence-electron chi connectivity index (χ0n) is 15.8. The average Bonchev–Trinajstić information content (AvgIpc) is 2.69. The Morgan fingerprint density at radius 1 is 1.23 bits per heavy atom. The van der Waals surface area contributed by atoms with Crippen LogP contribution in [0.1, 0.15) is 28.8 Å². The monoisotopic (exact) mass is 377 g/mol. The first kappa shape index (κ1) is 19.7. The normalized spacial score (nSPS) is 20.7. The molecule has 0 unspecified atom stereocenters. The molecular formula is C20H31N3O2S. The average molecular weight is 378 g/mol. The molecule has 5 nitrogen and oxygen atoms in total. The summed E-state index contributed by atoms with van der Waals surface area (Å²) < 4.78 is 5.43.